The molecule has 4 rings (SSSR count). The molecule has 0 radical (unpaired) electrons. The predicted molar refractivity (Wildman–Crippen MR) is 175 cm³/mol. The third-order valence-electron chi connectivity index (χ3n) is 8.87. The standard InChI is InChI=1S/C40H48/c1-6-32-11-13-36(14-12-32)21-28-40(29-31(5)38-24-17-34(8-3)18-25-38)39-26-19-35(20-27-39)10-9-30(4)37-22-15-33(7-2)16-23-37/h6,11-20,22-27,30-31,40H,1,7-10,21,28-29H2,2-5H3. The quantitative estimate of drug-likeness (QED) is 0.153. The largest absolute Gasteiger partial charge is 0.0985 e. The summed E-state index contributed by atoms with van der Waals surface area (Å²) >= 11 is 0. The van der Waals surface area contributed by atoms with Crippen LogP contribution in [0.2, 0.25) is 0 Å². The minimum Gasteiger partial charge on any atom is -0.0985 e. The molecule has 0 amide bonds. The minimum atomic E-state index is 0.527. The van der Waals surface area contributed by atoms with Gasteiger partial charge in [0.2, 0.25) is 0 Å². The maximum Gasteiger partial charge on any atom is -0.0153 e. The molecule has 0 fully saturated rings. The van der Waals surface area contributed by atoms with Gasteiger partial charge in [-0.25, -0.2) is 0 Å². The van der Waals surface area contributed by atoms with E-state index in [4.69, 9.17) is 0 Å². The Kier molecular flexibility index (Phi) is 11.0. The van der Waals surface area contributed by atoms with Crippen molar-refractivity contribution in [2.75, 3.05) is 0 Å². The van der Waals surface area contributed by atoms with Crippen molar-refractivity contribution < 1.29 is 0 Å². The molecular weight excluding hydrogens is 480 g/mol. The van der Waals surface area contributed by atoms with Gasteiger partial charge >= 0.3 is 0 Å². The highest BCUT2D eigenvalue weighted by Gasteiger charge is 2.17. The Bertz CT molecular complexity index is 1290. The van der Waals surface area contributed by atoms with Crippen LogP contribution in [0.15, 0.2) is 104 Å². The average Bonchev–Trinajstić information content (AvgIpc) is 3.02. The van der Waals surface area contributed by atoms with E-state index < -0.39 is 0 Å². The van der Waals surface area contributed by atoms with Gasteiger partial charge in [-0.3, -0.25) is 0 Å². The number of rotatable bonds is 14. The van der Waals surface area contributed by atoms with Gasteiger partial charge in [0.1, 0.15) is 0 Å². The van der Waals surface area contributed by atoms with Crippen molar-refractivity contribution in [2.24, 2.45) is 0 Å². The molecule has 0 aliphatic heterocycles. The fourth-order valence-corrected chi connectivity index (χ4v) is 5.81. The van der Waals surface area contributed by atoms with E-state index >= 15 is 0 Å². The molecule has 3 unspecified atom stereocenters. The highest BCUT2D eigenvalue weighted by atomic mass is 14.2. The third kappa shape index (κ3) is 8.31. The van der Waals surface area contributed by atoms with E-state index in [2.05, 4.69) is 131 Å². The fraction of sp³-hybridized carbons (Fsp3) is 0.350. The molecule has 0 heterocycles. The van der Waals surface area contributed by atoms with Crippen LogP contribution in [0.3, 0.4) is 0 Å². The SMILES string of the molecule is C=Cc1ccc(CCC(CC(C)c2ccc(CC)cc2)c2ccc(CCC(C)c3ccc(CC)cc3)cc2)cc1. The molecule has 0 nitrogen and oxygen atoms in total. The minimum absolute atomic E-state index is 0.527. The van der Waals surface area contributed by atoms with E-state index in [0.29, 0.717) is 17.8 Å². The summed E-state index contributed by atoms with van der Waals surface area (Å²) in [7, 11) is 0. The van der Waals surface area contributed by atoms with Gasteiger partial charge in [-0.05, 0) is 107 Å². The van der Waals surface area contributed by atoms with Crippen LogP contribution in [0.25, 0.3) is 6.08 Å². The topological polar surface area (TPSA) is 0 Å². The second kappa shape index (κ2) is 14.8. The van der Waals surface area contributed by atoms with E-state index in [0.717, 1.165) is 32.1 Å². The summed E-state index contributed by atoms with van der Waals surface area (Å²) < 4.78 is 0. The Morgan fingerprint density at radius 3 is 1.45 bits per heavy atom. The predicted octanol–water partition coefficient (Wildman–Crippen LogP) is 11.1. The van der Waals surface area contributed by atoms with E-state index in [-0.39, 0.29) is 0 Å². The Hall–Kier alpha value is -3.38. The number of aryl methyl sites for hydroxylation is 4. The van der Waals surface area contributed by atoms with Crippen LogP contribution in [-0.2, 0) is 25.7 Å². The number of benzene rings is 4. The Labute approximate surface area is 244 Å². The summed E-state index contributed by atoms with van der Waals surface area (Å²) in [6.45, 7) is 13.1. The Balaban J connectivity index is 1.43. The molecule has 208 valence electrons. The smallest absolute Gasteiger partial charge is 0.0153 e. The van der Waals surface area contributed by atoms with Crippen LogP contribution < -0.4 is 0 Å². The van der Waals surface area contributed by atoms with E-state index in [1.165, 1.54) is 57.3 Å². The molecule has 0 bridgehead atoms. The molecule has 3 atom stereocenters. The average molecular weight is 529 g/mol. The molecule has 40 heavy (non-hydrogen) atoms. The third-order valence-corrected chi connectivity index (χ3v) is 8.87. The van der Waals surface area contributed by atoms with Crippen LogP contribution in [0, 0.1) is 0 Å². The molecule has 0 saturated heterocycles. The van der Waals surface area contributed by atoms with Gasteiger partial charge in [0.25, 0.3) is 0 Å². The first kappa shape index (κ1) is 29.6. The van der Waals surface area contributed by atoms with Gasteiger partial charge in [0.15, 0.2) is 0 Å². The molecule has 0 heteroatoms. The lowest BCUT2D eigenvalue weighted by Gasteiger charge is -2.23. The van der Waals surface area contributed by atoms with Gasteiger partial charge in [0, 0.05) is 0 Å². The van der Waals surface area contributed by atoms with Crippen LogP contribution in [0.4, 0.5) is 0 Å². The molecular formula is C40H48. The first-order valence-corrected chi connectivity index (χ1v) is 15.5. The summed E-state index contributed by atoms with van der Waals surface area (Å²) in [5.74, 6) is 1.63. The summed E-state index contributed by atoms with van der Waals surface area (Å²) in [5, 5.41) is 0. The zero-order valence-electron chi connectivity index (χ0n) is 25.2. The first-order valence-electron chi connectivity index (χ1n) is 15.5. The number of hydrogen-bond donors (Lipinski definition) is 0. The van der Waals surface area contributed by atoms with Crippen molar-refractivity contribution in [1.29, 1.82) is 0 Å². The molecule has 0 N–H and O–H groups in total. The molecule has 4 aromatic rings. The number of hydrogen-bond acceptors (Lipinski definition) is 0. The first-order chi connectivity index (χ1) is 19.5. The summed E-state index contributed by atoms with van der Waals surface area (Å²) in [4.78, 5) is 0. The summed E-state index contributed by atoms with van der Waals surface area (Å²) in [6.07, 6.45) is 9.85. The van der Waals surface area contributed by atoms with Gasteiger partial charge in [-0.1, -0.05) is 137 Å². The monoisotopic (exact) mass is 528 g/mol. The van der Waals surface area contributed by atoms with Gasteiger partial charge < -0.3 is 0 Å². The van der Waals surface area contributed by atoms with Crippen molar-refractivity contribution in [3.8, 4) is 0 Å². The summed E-state index contributed by atoms with van der Waals surface area (Å²) in [6, 6.07) is 37.0. The second-order valence-corrected chi connectivity index (χ2v) is 11.7. The van der Waals surface area contributed by atoms with Crippen molar-refractivity contribution in [2.45, 2.75) is 90.4 Å². The molecule has 0 aliphatic rings. The Morgan fingerprint density at radius 2 is 0.950 bits per heavy atom. The fourth-order valence-electron chi connectivity index (χ4n) is 5.81. The van der Waals surface area contributed by atoms with Gasteiger partial charge in [-0.15, -0.1) is 0 Å². The zero-order valence-corrected chi connectivity index (χ0v) is 25.2. The highest BCUT2D eigenvalue weighted by Crippen LogP contribution is 2.34. The van der Waals surface area contributed by atoms with E-state index in [1.54, 1.807) is 0 Å². The lowest BCUT2D eigenvalue weighted by atomic mass is 9.82. The lowest BCUT2D eigenvalue weighted by Crippen LogP contribution is -2.07. The van der Waals surface area contributed by atoms with E-state index in [9.17, 15) is 0 Å². The maximum atomic E-state index is 3.90. The molecule has 0 aromatic heterocycles. The van der Waals surface area contributed by atoms with Crippen molar-refractivity contribution in [3.63, 3.8) is 0 Å². The van der Waals surface area contributed by atoms with Crippen LogP contribution in [0.5, 0.6) is 0 Å². The van der Waals surface area contributed by atoms with Crippen LogP contribution in [0.1, 0.15) is 109 Å². The normalized spacial score (nSPS) is 13.5. The van der Waals surface area contributed by atoms with Gasteiger partial charge in [-0.2, -0.15) is 0 Å². The van der Waals surface area contributed by atoms with Crippen molar-refractivity contribution >= 4 is 6.08 Å². The molecule has 4 aromatic carbocycles. The molecule has 0 saturated carbocycles. The maximum absolute atomic E-state index is 3.90. The molecule has 0 aliphatic carbocycles. The summed E-state index contributed by atoms with van der Waals surface area (Å²) in [5.41, 5.74) is 11.3. The van der Waals surface area contributed by atoms with E-state index in [1.807, 2.05) is 6.08 Å². The zero-order chi connectivity index (χ0) is 28.3. The second-order valence-electron chi connectivity index (χ2n) is 11.7. The highest BCUT2D eigenvalue weighted by molar-refractivity contribution is 5.47. The van der Waals surface area contributed by atoms with Crippen LogP contribution in [-0.4, -0.2) is 0 Å². The molecule has 0 spiro atoms. The van der Waals surface area contributed by atoms with Crippen molar-refractivity contribution in [1.82, 2.24) is 0 Å². The van der Waals surface area contributed by atoms with Crippen molar-refractivity contribution in [3.05, 3.63) is 148 Å². The lowest BCUT2D eigenvalue weighted by molar-refractivity contribution is 0.525. The van der Waals surface area contributed by atoms with Crippen LogP contribution >= 0.6 is 0 Å². The van der Waals surface area contributed by atoms with Gasteiger partial charge in [0.05, 0.1) is 0 Å². The Morgan fingerprint density at radius 1 is 0.525 bits per heavy atom.